The zero-order valence-electron chi connectivity index (χ0n) is 12.9. The first kappa shape index (κ1) is 15.2. The summed E-state index contributed by atoms with van der Waals surface area (Å²) in [5, 5.41) is 13.8. The van der Waals surface area contributed by atoms with Crippen LogP contribution in [0.3, 0.4) is 0 Å². The smallest absolute Gasteiger partial charge is 0.0960 e. The van der Waals surface area contributed by atoms with Gasteiger partial charge in [0.1, 0.15) is 0 Å². The van der Waals surface area contributed by atoms with E-state index >= 15 is 0 Å². The molecule has 0 aliphatic carbocycles. The van der Waals surface area contributed by atoms with E-state index < -0.39 is 5.60 Å². The molecule has 0 aliphatic heterocycles. The van der Waals surface area contributed by atoms with Crippen LogP contribution in [0.2, 0.25) is 0 Å². The molecule has 1 N–H and O–H groups in total. The number of thiazole rings is 1. The maximum Gasteiger partial charge on any atom is 0.0960 e. The second-order valence-corrected chi connectivity index (χ2v) is 7.64. The second-order valence-electron chi connectivity index (χ2n) is 6.70. The molecule has 20 heavy (non-hydrogen) atoms. The molecule has 1 heterocycles. The SMILES string of the molecule is Cc1cccc(C(C)(O)Cc2nc(C(C)(C)C)cs2)c1. The fraction of sp³-hybridized carbons (Fsp3) is 0.471. The van der Waals surface area contributed by atoms with Gasteiger partial charge in [-0.25, -0.2) is 4.98 Å². The summed E-state index contributed by atoms with van der Waals surface area (Å²) < 4.78 is 0. The monoisotopic (exact) mass is 289 g/mol. The minimum atomic E-state index is -0.876. The Bertz CT molecular complexity index is 593. The van der Waals surface area contributed by atoms with Crippen LogP contribution in [0.4, 0.5) is 0 Å². The van der Waals surface area contributed by atoms with Crippen LogP contribution in [0.25, 0.3) is 0 Å². The highest BCUT2D eigenvalue weighted by atomic mass is 32.1. The molecule has 0 spiro atoms. The molecule has 0 fully saturated rings. The Hall–Kier alpha value is -1.19. The van der Waals surface area contributed by atoms with E-state index in [-0.39, 0.29) is 5.41 Å². The Kier molecular flexibility index (Phi) is 4.03. The molecular weight excluding hydrogens is 266 g/mol. The Labute approximate surface area is 125 Å². The summed E-state index contributed by atoms with van der Waals surface area (Å²) in [4.78, 5) is 4.67. The van der Waals surface area contributed by atoms with Crippen LogP contribution in [0.15, 0.2) is 29.6 Å². The lowest BCUT2D eigenvalue weighted by Gasteiger charge is -2.23. The van der Waals surface area contributed by atoms with E-state index in [0.29, 0.717) is 6.42 Å². The number of hydrogen-bond donors (Lipinski definition) is 1. The third kappa shape index (κ3) is 3.47. The van der Waals surface area contributed by atoms with Gasteiger partial charge in [-0.2, -0.15) is 0 Å². The lowest BCUT2D eigenvalue weighted by molar-refractivity contribution is 0.0574. The standard InChI is InChI=1S/C17H23NOS/c1-12-7-6-8-13(9-12)17(5,19)10-15-18-14(11-20-15)16(2,3)4/h6-9,11,19H,10H2,1-5H3. The van der Waals surface area contributed by atoms with Gasteiger partial charge in [0.2, 0.25) is 0 Å². The topological polar surface area (TPSA) is 33.1 Å². The van der Waals surface area contributed by atoms with Crippen LogP contribution >= 0.6 is 11.3 Å². The van der Waals surface area contributed by atoms with Crippen molar-refractivity contribution in [2.24, 2.45) is 0 Å². The lowest BCUT2D eigenvalue weighted by Crippen LogP contribution is -2.24. The Morgan fingerprint density at radius 3 is 2.45 bits per heavy atom. The lowest BCUT2D eigenvalue weighted by atomic mass is 9.91. The summed E-state index contributed by atoms with van der Waals surface area (Å²) in [5.41, 5.74) is 2.39. The maximum absolute atomic E-state index is 10.7. The minimum absolute atomic E-state index is 0.0595. The van der Waals surface area contributed by atoms with Gasteiger partial charge in [0.25, 0.3) is 0 Å². The number of hydrogen-bond acceptors (Lipinski definition) is 3. The average molecular weight is 289 g/mol. The van der Waals surface area contributed by atoms with Gasteiger partial charge in [0.05, 0.1) is 16.3 Å². The van der Waals surface area contributed by atoms with Crippen molar-refractivity contribution < 1.29 is 5.11 Å². The highest BCUT2D eigenvalue weighted by molar-refractivity contribution is 7.09. The fourth-order valence-electron chi connectivity index (χ4n) is 2.11. The van der Waals surface area contributed by atoms with Gasteiger partial charge in [-0.15, -0.1) is 11.3 Å². The van der Waals surface area contributed by atoms with E-state index in [4.69, 9.17) is 0 Å². The molecule has 0 saturated carbocycles. The average Bonchev–Trinajstić information content (AvgIpc) is 2.76. The molecule has 0 aliphatic rings. The summed E-state index contributed by atoms with van der Waals surface area (Å²) in [6.07, 6.45) is 0.553. The third-order valence-corrected chi connectivity index (χ3v) is 4.30. The molecule has 0 radical (unpaired) electrons. The van der Waals surface area contributed by atoms with Gasteiger partial charge >= 0.3 is 0 Å². The summed E-state index contributed by atoms with van der Waals surface area (Å²) in [5.74, 6) is 0. The van der Waals surface area contributed by atoms with E-state index in [9.17, 15) is 5.11 Å². The molecule has 2 rings (SSSR count). The number of rotatable bonds is 3. The van der Waals surface area contributed by atoms with Crippen LogP contribution in [0.1, 0.15) is 49.5 Å². The minimum Gasteiger partial charge on any atom is -0.385 e. The van der Waals surface area contributed by atoms with Gasteiger partial charge < -0.3 is 5.11 Å². The van der Waals surface area contributed by atoms with E-state index in [1.54, 1.807) is 11.3 Å². The molecule has 2 aromatic rings. The van der Waals surface area contributed by atoms with Gasteiger partial charge in [0, 0.05) is 17.2 Å². The first-order valence-corrected chi connectivity index (χ1v) is 7.81. The largest absolute Gasteiger partial charge is 0.385 e. The van der Waals surface area contributed by atoms with E-state index in [2.05, 4.69) is 31.1 Å². The van der Waals surface area contributed by atoms with Crippen molar-refractivity contribution in [1.82, 2.24) is 4.98 Å². The number of nitrogens with zero attached hydrogens (tertiary/aromatic N) is 1. The number of aryl methyl sites for hydroxylation is 1. The maximum atomic E-state index is 10.7. The zero-order valence-corrected chi connectivity index (χ0v) is 13.7. The Morgan fingerprint density at radius 1 is 1.20 bits per heavy atom. The summed E-state index contributed by atoms with van der Waals surface area (Å²) in [6, 6.07) is 8.05. The van der Waals surface area contributed by atoms with Crippen LogP contribution in [0.5, 0.6) is 0 Å². The second kappa shape index (κ2) is 5.30. The van der Waals surface area contributed by atoms with Crippen molar-refractivity contribution >= 4 is 11.3 Å². The summed E-state index contributed by atoms with van der Waals surface area (Å²) in [6.45, 7) is 10.4. The molecule has 1 aromatic heterocycles. The molecule has 108 valence electrons. The van der Waals surface area contributed by atoms with E-state index in [1.165, 1.54) is 0 Å². The molecule has 1 unspecified atom stereocenters. The molecule has 1 atom stereocenters. The number of aliphatic hydroxyl groups is 1. The summed E-state index contributed by atoms with van der Waals surface area (Å²) in [7, 11) is 0. The predicted molar refractivity (Wildman–Crippen MR) is 85.3 cm³/mol. The molecular formula is C17H23NOS. The van der Waals surface area contributed by atoms with Gasteiger partial charge in [0.15, 0.2) is 0 Å². The highest BCUT2D eigenvalue weighted by Crippen LogP contribution is 2.30. The first-order chi connectivity index (χ1) is 9.18. The van der Waals surface area contributed by atoms with Crippen LogP contribution < -0.4 is 0 Å². The molecule has 0 saturated heterocycles. The van der Waals surface area contributed by atoms with Gasteiger partial charge in [-0.05, 0) is 19.4 Å². The molecule has 0 amide bonds. The highest BCUT2D eigenvalue weighted by Gasteiger charge is 2.26. The molecule has 0 bridgehead atoms. The van der Waals surface area contributed by atoms with Crippen molar-refractivity contribution in [2.45, 2.75) is 52.1 Å². The van der Waals surface area contributed by atoms with Crippen molar-refractivity contribution in [3.05, 3.63) is 51.5 Å². The van der Waals surface area contributed by atoms with Crippen molar-refractivity contribution in [3.8, 4) is 0 Å². The predicted octanol–water partition coefficient (Wildman–Crippen LogP) is 4.20. The number of aromatic nitrogens is 1. The zero-order chi connectivity index (χ0) is 15.0. The van der Waals surface area contributed by atoms with Crippen molar-refractivity contribution in [2.75, 3.05) is 0 Å². The summed E-state index contributed by atoms with van der Waals surface area (Å²) >= 11 is 1.63. The normalized spacial score (nSPS) is 15.1. The molecule has 3 heteroatoms. The molecule has 1 aromatic carbocycles. The van der Waals surface area contributed by atoms with E-state index in [1.807, 2.05) is 38.1 Å². The Balaban J connectivity index is 2.22. The van der Waals surface area contributed by atoms with Crippen molar-refractivity contribution in [1.29, 1.82) is 0 Å². The van der Waals surface area contributed by atoms with Crippen LogP contribution in [-0.2, 0) is 17.4 Å². The first-order valence-electron chi connectivity index (χ1n) is 6.93. The van der Waals surface area contributed by atoms with Crippen molar-refractivity contribution in [3.63, 3.8) is 0 Å². The Morgan fingerprint density at radius 2 is 1.90 bits per heavy atom. The van der Waals surface area contributed by atoms with Gasteiger partial charge in [-0.1, -0.05) is 50.6 Å². The number of benzene rings is 1. The van der Waals surface area contributed by atoms with E-state index in [0.717, 1.165) is 21.8 Å². The third-order valence-electron chi connectivity index (χ3n) is 3.46. The van der Waals surface area contributed by atoms with Crippen LogP contribution in [0, 0.1) is 6.92 Å². The van der Waals surface area contributed by atoms with Gasteiger partial charge in [-0.3, -0.25) is 0 Å². The van der Waals surface area contributed by atoms with Crippen LogP contribution in [-0.4, -0.2) is 10.1 Å². The quantitative estimate of drug-likeness (QED) is 0.918. The fourth-order valence-corrected chi connectivity index (χ4v) is 3.28. The molecule has 2 nitrogen and oxygen atoms in total.